The minimum atomic E-state index is -1.91. The molecule has 12 heteroatoms. The molecule has 1 heterocycles. The lowest BCUT2D eigenvalue weighted by atomic mass is 9.98. The number of hydrogen-bond donors (Lipinski definition) is 3. The highest BCUT2D eigenvalue weighted by Crippen LogP contribution is 2.26. The molecule has 6 atom stereocenters. The van der Waals surface area contributed by atoms with Crippen LogP contribution in [0.1, 0.15) is 252 Å². The number of ether oxygens (including phenoxy) is 5. The van der Waals surface area contributed by atoms with Gasteiger partial charge in [0.1, 0.15) is 18.8 Å². The molecule has 1 rings (SSSR count). The minimum absolute atomic E-state index is 0.0389. The number of aliphatic hydroxyl groups is 2. The van der Waals surface area contributed by atoms with Crippen LogP contribution in [0.15, 0.2) is 60.8 Å². The van der Waals surface area contributed by atoms with Crippen molar-refractivity contribution in [2.45, 2.75) is 289 Å². The zero-order chi connectivity index (χ0) is 53.3. The van der Waals surface area contributed by atoms with E-state index in [0.29, 0.717) is 19.3 Å². The van der Waals surface area contributed by atoms with Crippen molar-refractivity contribution in [3.05, 3.63) is 60.8 Å². The summed E-state index contributed by atoms with van der Waals surface area (Å²) in [6.07, 6.45) is 47.6. The minimum Gasteiger partial charge on any atom is -0.479 e. The van der Waals surface area contributed by atoms with Gasteiger partial charge < -0.3 is 39.0 Å². The van der Waals surface area contributed by atoms with E-state index < -0.39 is 67.3 Å². The molecule has 1 fully saturated rings. The maximum absolute atomic E-state index is 13.1. The number of hydrogen-bond acceptors (Lipinski definition) is 11. The monoisotopic (exact) mass is 1030 g/mol. The highest BCUT2D eigenvalue weighted by molar-refractivity contribution is 5.74. The van der Waals surface area contributed by atoms with Crippen LogP contribution in [0.5, 0.6) is 0 Å². The molecular weight excluding hydrogens is 925 g/mol. The quantitative estimate of drug-likeness (QED) is 0.0228. The van der Waals surface area contributed by atoms with Gasteiger partial charge in [0.25, 0.3) is 0 Å². The molecule has 1 aliphatic heterocycles. The lowest BCUT2D eigenvalue weighted by Crippen LogP contribution is -2.61. The van der Waals surface area contributed by atoms with Gasteiger partial charge in [-0.15, -0.1) is 0 Å². The molecule has 0 spiro atoms. The van der Waals surface area contributed by atoms with Crippen molar-refractivity contribution < 1.29 is 58.2 Å². The van der Waals surface area contributed by atoms with Crippen molar-refractivity contribution in [1.82, 2.24) is 0 Å². The third kappa shape index (κ3) is 39.5. The summed E-state index contributed by atoms with van der Waals surface area (Å²) in [7, 11) is 0. The predicted molar refractivity (Wildman–Crippen MR) is 294 cm³/mol. The second-order valence-corrected chi connectivity index (χ2v) is 19.9. The first kappa shape index (κ1) is 67.4. The van der Waals surface area contributed by atoms with Crippen LogP contribution in [0.25, 0.3) is 0 Å². The molecule has 0 aromatic rings. The van der Waals surface area contributed by atoms with Gasteiger partial charge in [-0.3, -0.25) is 14.4 Å². The number of carboxylic acid groups (broad SMARTS) is 1. The Labute approximate surface area is 443 Å². The van der Waals surface area contributed by atoms with E-state index in [1.165, 1.54) is 64.2 Å². The van der Waals surface area contributed by atoms with Gasteiger partial charge in [0.2, 0.25) is 0 Å². The van der Waals surface area contributed by atoms with Gasteiger partial charge in [0.15, 0.2) is 24.6 Å². The molecule has 0 aliphatic carbocycles. The molecule has 3 N–H and O–H groups in total. The Hall–Kier alpha value is -3.58. The molecule has 0 aromatic heterocycles. The summed E-state index contributed by atoms with van der Waals surface area (Å²) in [6, 6.07) is 0. The summed E-state index contributed by atoms with van der Waals surface area (Å²) in [6.45, 7) is 5.84. The van der Waals surface area contributed by atoms with Crippen LogP contribution >= 0.6 is 0 Å². The predicted octanol–water partition coefficient (Wildman–Crippen LogP) is 14.8. The maximum atomic E-state index is 13.1. The fourth-order valence-electron chi connectivity index (χ4n) is 8.55. The maximum Gasteiger partial charge on any atom is 0.335 e. The highest BCUT2D eigenvalue weighted by Gasteiger charge is 2.50. The van der Waals surface area contributed by atoms with Crippen molar-refractivity contribution in [3.63, 3.8) is 0 Å². The summed E-state index contributed by atoms with van der Waals surface area (Å²) < 4.78 is 28.4. The SMILES string of the molecule is CC/C=C\C/C=C\C/C=C\CCCCCCCC(=O)OC1C(OCC(COC(=O)CCCCCCC/C=C\CCCCCCCC)OC(=O)CCCCCCC/C=C\CCCCCC)OC(C(=O)O)C(O)C1O. The van der Waals surface area contributed by atoms with Crippen molar-refractivity contribution in [3.8, 4) is 0 Å². The first-order valence-corrected chi connectivity index (χ1v) is 29.3. The average Bonchev–Trinajstić information content (AvgIpc) is 3.37. The van der Waals surface area contributed by atoms with E-state index in [2.05, 4.69) is 81.5 Å². The molecule has 73 heavy (non-hydrogen) atoms. The van der Waals surface area contributed by atoms with Crippen LogP contribution in [0.4, 0.5) is 0 Å². The van der Waals surface area contributed by atoms with Crippen LogP contribution in [0.2, 0.25) is 0 Å². The van der Waals surface area contributed by atoms with Crippen LogP contribution < -0.4 is 0 Å². The van der Waals surface area contributed by atoms with E-state index in [4.69, 9.17) is 23.7 Å². The fraction of sp³-hybridized carbons (Fsp3) is 0.770. The van der Waals surface area contributed by atoms with Gasteiger partial charge in [-0.25, -0.2) is 4.79 Å². The van der Waals surface area contributed by atoms with E-state index in [1.54, 1.807) is 0 Å². The highest BCUT2D eigenvalue weighted by atomic mass is 16.7. The van der Waals surface area contributed by atoms with E-state index in [1.807, 2.05) is 0 Å². The van der Waals surface area contributed by atoms with Crippen LogP contribution in [0, 0.1) is 0 Å². The smallest absolute Gasteiger partial charge is 0.335 e. The number of aliphatic carboxylic acids is 1. The number of carbonyl (C=O) groups excluding carboxylic acids is 3. The molecule has 1 aliphatic rings. The third-order valence-corrected chi connectivity index (χ3v) is 13.0. The lowest BCUT2D eigenvalue weighted by Gasteiger charge is -2.40. The van der Waals surface area contributed by atoms with Gasteiger partial charge in [-0.05, 0) is 103 Å². The number of carbonyl (C=O) groups is 4. The van der Waals surface area contributed by atoms with Crippen LogP contribution in [-0.4, -0.2) is 89.2 Å². The molecule has 420 valence electrons. The fourth-order valence-corrected chi connectivity index (χ4v) is 8.55. The molecule has 12 nitrogen and oxygen atoms in total. The summed E-state index contributed by atoms with van der Waals surface area (Å²) in [5, 5.41) is 31.4. The molecule has 0 saturated carbocycles. The molecule has 0 radical (unpaired) electrons. The molecule has 1 saturated heterocycles. The molecule has 0 amide bonds. The number of esters is 3. The topological polar surface area (TPSA) is 175 Å². The molecule has 0 bridgehead atoms. The number of rotatable bonds is 49. The Morgan fingerprint density at radius 2 is 0.863 bits per heavy atom. The number of unbranched alkanes of at least 4 members (excludes halogenated alkanes) is 25. The standard InChI is InChI=1S/C61H104O12/c1-4-7-10-13-16-19-22-25-27-30-32-35-38-41-44-47-53(62)69-50-52(71-54(63)48-45-42-39-36-33-29-24-21-18-15-12-9-6-3)51-70-61-59(57(66)56(65)58(73-61)60(67)68)72-55(64)49-46-43-40-37-34-31-28-26-23-20-17-14-11-8-5-2/h8,11,17,20-21,24-28,52,56-59,61,65-66H,4-7,9-10,12-16,18-19,22-23,29-51H2,1-3H3,(H,67,68)/b11-8-,20-17-,24-21-,27-25-,28-26-. The van der Waals surface area contributed by atoms with Crippen molar-refractivity contribution in [1.29, 1.82) is 0 Å². The Balaban J connectivity index is 2.71. The van der Waals surface area contributed by atoms with E-state index >= 15 is 0 Å². The zero-order valence-electron chi connectivity index (χ0n) is 46.1. The average molecular weight is 1030 g/mol. The zero-order valence-corrected chi connectivity index (χ0v) is 46.1. The van der Waals surface area contributed by atoms with Crippen LogP contribution in [-0.2, 0) is 42.9 Å². The van der Waals surface area contributed by atoms with Crippen molar-refractivity contribution >= 4 is 23.9 Å². The number of aliphatic hydroxyl groups excluding tert-OH is 2. The third-order valence-electron chi connectivity index (χ3n) is 13.0. The largest absolute Gasteiger partial charge is 0.479 e. The Kier molecular flexibility index (Phi) is 45.5. The normalized spacial score (nSPS) is 18.7. The summed E-state index contributed by atoms with van der Waals surface area (Å²) in [5.41, 5.74) is 0. The Morgan fingerprint density at radius 3 is 1.34 bits per heavy atom. The van der Waals surface area contributed by atoms with E-state index in [9.17, 15) is 34.5 Å². The van der Waals surface area contributed by atoms with Gasteiger partial charge in [0, 0.05) is 19.3 Å². The Morgan fingerprint density at radius 1 is 0.466 bits per heavy atom. The first-order chi connectivity index (χ1) is 35.6. The van der Waals surface area contributed by atoms with Gasteiger partial charge in [-0.1, -0.05) is 191 Å². The van der Waals surface area contributed by atoms with Crippen LogP contribution in [0.3, 0.4) is 0 Å². The number of carboxylic acids is 1. The Bertz CT molecular complexity index is 1500. The van der Waals surface area contributed by atoms with Gasteiger partial charge >= 0.3 is 23.9 Å². The summed E-state index contributed by atoms with van der Waals surface area (Å²) in [4.78, 5) is 51.1. The number of allylic oxidation sites excluding steroid dienone is 10. The lowest BCUT2D eigenvalue weighted by molar-refractivity contribution is -0.301. The van der Waals surface area contributed by atoms with Crippen molar-refractivity contribution in [2.75, 3.05) is 13.2 Å². The van der Waals surface area contributed by atoms with E-state index in [0.717, 1.165) is 128 Å². The molecular formula is C61H104O12. The second kappa shape index (κ2) is 49.3. The first-order valence-electron chi connectivity index (χ1n) is 29.3. The molecule has 0 aromatic carbocycles. The van der Waals surface area contributed by atoms with E-state index in [-0.39, 0.29) is 25.9 Å². The second-order valence-electron chi connectivity index (χ2n) is 19.9. The summed E-state index contributed by atoms with van der Waals surface area (Å²) in [5.74, 6) is -3.16. The summed E-state index contributed by atoms with van der Waals surface area (Å²) >= 11 is 0. The van der Waals surface area contributed by atoms with Gasteiger partial charge in [0.05, 0.1) is 6.61 Å². The molecule has 6 unspecified atom stereocenters. The van der Waals surface area contributed by atoms with Gasteiger partial charge in [-0.2, -0.15) is 0 Å². The van der Waals surface area contributed by atoms with Crippen molar-refractivity contribution in [2.24, 2.45) is 0 Å².